The summed E-state index contributed by atoms with van der Waals surface area (Å²) in [6, 6.07) is 21.0. The molecule has 0 aliphatic heterocycles. The fraction of sp³-hybridized carbons (Fsp3) is 0. The Kier molecular flexibility index (Phi) is 3.81. The molecule has 2 aromatic carbocycles. The van der Waals surface area contributed by atoms with Gasteiger partial charge in [0.15, 0.2) is 16.7 Å². The summed E-state index contributed by atoms with van der Waals surface area (Å²) in [5.41, 5.74) is 1.73. The Morgan fingerprint density at radius 1 is 0.792 bits per heavy atom. The van der Waals surface area contributed by atoms with Crippen LogP contribution in [0.15, 0.2) is 72.9 Å². The summed E-state index contributed by atoms with van der Waals surface area (Å²) in [5, 5.41) is 1.11. The number of para-hydroxylation sites is 1. The van der Waals surface area contributed by atoms with Crippen LogP contribution in [-0.2, 0) is 0 Å². The Hall–Kier alpha value is -2.98. The van der Waals surface area contributed by atoms with Gasteiger partial charge in [0.2, 0.25) is 5.88 Å². The van der Waals surface area contributed by atoms with Crippen LogP contribution >= 0.6 is 11.6 Å². The van der Waals surface area contributed by atoms with E-state index in [1.165, 1.54) is 0 Å². The SMILES string of the molecule is Clc1ncccc1Oc1nc(-c2ccccc2)nc2ccccc12. The van der Waals surface area contributed by atoms with Gasteiger partial charge in [-0.1, -0.05) is 54.1 Å². The maximum atomic E-state index is 6.10. The molecule has 2 aromatic heterocycles. The summed E-state index contributed by atoms with van der Waals surface area (Å²) in [6.45, 7) is 0. The fourth-order valence-corrected chi connectivity index (χ4v) is 2.55. The molecule has 0 atom stereocenters. The molecule has 0 bridgehead atoms. The van der Waals surface area contributed by atoms with Crippen molar-refractivity contribution in [2.75, 3.05) is 0 Å². The summed E-state index contributed by atoms with van der Waals surface area (Å²) < 4.78 is 5.94. The van der Waals surface area contributed by atoms with Gasteiger partial charge in [-0.2, -0.15) is 4.98 Å². The standard InChI is InChI=1S/C19H12ClN3O/c20-17-16(11-6-12-21-17)24-19-14-9-4-5-10-15(14)22-18(23-19)13-7-2-1-3-8-13/h1-12H. The van der Waals surface area contributed by atoms with Gasteiger partial charge in [0.1, 0.15) is 0 Å². The molecule has 0 N–H and O–H groups in total. The van der Waals surface area contributed by atoms with Crippen molar-refractivity contribution in [3.05, 3.63) is 78.1 Å². The average molecular weight is 334 g/mol. The van der Waals surface area contributed by atoms with Gasteiger partial charge in [-0.05, 0) is 24.3 Å². The third kappa shape index (κ3) is 2.79. The van der Waals surface area contributed by atoms with Gasteiger partial charge in [0, 0.05) is 11.8 Å². The highest BCUT2D eigenvalue weighted by Crippen LogP contribution is 2.32. The summed E-state index contributed by atoms with van der Waals surface area (Å²) >= 11 is 6.10. The zero-order valence-electron chi connectivity index (χ0n) is 12.6. The number of hydrogen-bond acceptors (Lipinski definition) is 4. The molecule has 0 aliphatic rings. The predicted molar refractivity (Wildman–Crippen MR) is 94.3 cm³/mol. The molecule has 0 saturated carbocycles. The Morgan fingerprint density at radius 2 is 1.58 bits per heavy atom. The van der Waals surface area contributed by atoms with Crippen molar-refractivity contribution >= 4 is 22.5 Å². The van der Waals surface area contributed by atoms with Gasteiger partial charge in [-0.25, -0.2) is 9.97 Å². The van der Waals surface area contributed by atoms with E-state index in [1.54, 1.807) is 18.3 Å². The molecule has 116 valence electrons. The second-order valence-electron chi connectivity index (χ2n) is 5.13. The predicted octanol–water partition coefficient (Wildman–Crippen LogP) is 5.14. The summed E-state index contributed by atoms with van der Waals surface area (Å²) in [5.74, 6) is 1.51. The van der Waals surface area contributed by atoms with Crippen LogP contribution in [-0.4, -0.2) is 15.0 Å². The molecule has 4 rings (SSSR count). The van der Waals surface area contributed by atoms with E-state index in [9.17, 15) is 0 Å². The lowest BCUT2D eigenvalue weighted by Gasteiger charge is -2.10. The summed E-state index contributed by atoms with van der Waals surface area (Å²) in [7, 11) is 0. The number of fused-ring (bicyclic) bond motifs is 1. The van der Waals surface area contributed by atoms with E-state index in [-0.39, 0.29) is 0 Å². The van der Waals surface area contributed by atoms with Crippen LogP contribution in [0.2, 0.25) is 5.15 Å². The molecule has 0 radical (unpaired) electrons. The normalized spacial score (nSPS) is 10.7. The minimum Gasteiger partial charge on any atom is -0.435 e. The monoisotopic (exact) mass is 333 g/mol. The van der Waals surface area contributed by atoms with E-state index in [1.807, 2.05) is 54.6 Å². The summed E-state index contributed by atoms with van der Waals surface area (Å²) in [6.07, 6.45) is 1.61. The molecule has 0 amide bonds. The van der Waals surface area contributed by atoms with Gasteiger partial charge < -0.3 is 4.74 Å². The van der Waals surface area contributed by atoms with Crippen molar-refractivity contribution in [3.63, 3.8) is 0 Å². The van der Waals surface area contributed by atoms with Crippen LogP contribution in [0.5, 0.6) is 11.6 Å². The van der Waals surface area contributed by atoms with Crippen LogP contribution in [0.4, 0.5) is 0 Å². The first-order chi connectivity index (χ1) is 11.8. The molecular weight excluding hydrogens is 322 g/mol. The molecule has 5 heteroatoms. The summed E-state index contributed by atoms with van der Waals surface area (Å²) in [4.78, 5) is 13.3. The molecular formula is C19H12ClN3O. The number of halogens is 1. The lowest BCUT2D eigenvalue weighted by atomic mass is 10.2. The fourth-order valence-electron chi connectivity index (χ4n) is 2.39. The highest BCUT2D eigenvalue weighted by Gasteiger charge is 2.12. The minimum absolute atomic E-state index is 0.293. The third-order valence-corrected chi connectivity index (χ3v) is 3.82. The van der Waals surface area contributed by atoms with Gasteiger partial charge in [-0.15, -0.1) is 0 Å². The van der Waals surface area contributed by atoms with Crippen molar-refractivity contribution < 1.29 is 4.74 Å². The van der Waals surface area contributed by atoms with Crippen LogP contribution in [0, 0.1) is 0 Å². The van der Waals surface area contributed by atoms with Crippen LogP contribution in [0.3, 0.4) is 0 Å². The molecule has 0 aliphatic carbocycles. The second-order valence-corrected chi connectivity index (χ2v) is 5.49. The Bertz CT molecular complexity index is 1010. The van der Waals surface area contributed by atoms with Crippen molar-refractivity contribution in [2.45, 2.75) is 0 Å². The first kappa shape index (κ1) is 14.6. The van der Waals surface area contributed by atoms with Crippen LogP contribution in [0.1, 0.15) is 0 Å². The number of pyridine rings is 1. The molecule has 0 fully saturated rings. The maximum absolute atomic E-state index is 6.10. The Balaban J connectivity index is 1.88. The largest absolute Gasteiger partial charge is 0.435 e. The van der Waals surface area contributed by atoms with E-state index in [4.69, 9.17) is 16.3 Å². The topological polar surface area (TPSA) is 47.9 Å². The Morgan fingerprint density at radius 3 is 2.42 bits per heavy atom. The van der Waals surface area contributed by atoms with Gasteiger partial charge in [0.25, 0.3) is 0 Å². The maximum Gasteiger partial charge on any atom is 0.230 e. The minimum atomic E-state index is 0.293. The van der Waals surface area contributed by atoms with Crippen LogP contribution in [0.25, 0.3) is 22.3 Å². The number of aromatic nitrogens is 3. The highest BCUT2D eigenvalue weighted by molar-refractivity contribution is 6.30. The van der Waals surface area contributed by atoms with E-state index < -0.39 is 0 Å². The van der Waals surface area contributed by atoms with E-state index in [2.05, 4.69) is 15.0 Å². The van der Waals surface area contributed by atoms with E-state index >= 15 is 0 Å². The average Bonchev–Trinajstić information content (AvgIpc) is 2.64. The van der Waals surface area contributed by atoms with Crippen molar-refractivity contribution in [1.29, 1.82) is 0 Å². The Labute approximate surface area is 143 Å². The first-order valence-corrected chi connectivity index (χ1v) is 7.79. The smallest absolute Gasteiger partial charge is 0.230 e. The quantitative estimate of drug-likeness (QED) is 0.487. The number of rotatable bonds is 3. The number of ether oxygens (including phenoxy) is 1. The van der Waals surface area contributed by atoms with Crippen molar-refractivity contribution in [1.82, 2.24) is 15.0 Å². The van der Waals surface area contributed by atoms with Gasteiger partial charge >= 0.3 is 0 Å². The zero-order chi connectivity index (χ0) is 16.4. The van der Waals surface area contributed by atoms with Gasteiger partial charge in [0.05, 0.1) is 10.9 Å². The number of nitrogens with zero attached hydrogens (tertiary/aromatic N) is 3. The van der Waals surface area contributed by atoms with Crippen molar-refractivity contribution in [2.24, 2.45) is 0 Å². The molecule has 4 aromatic rings. The number of hydrogen-bond donors (Lipinski definition) is 0. The molecule has 0 unspecified atom stereocenters. The van der Waals surface area contributed by atoms with E-state index in [0.717, 1.165) is 16.5 Å². The molecule has 2 heterocycles. The molecule has 0 saturated heterocycles. The molecule has 24 heavy (non-hydrogen) atoms. The lowest BCUT2D eigenvalue weighted by molar-refractivity contribution is 0.467. The number of benzene rings is 2. The molecule has 0 spiro atoms. The second kappa shape index (κ2) is 6.26. The zero-order valence-corrected chi connectivity index (χ0v) is 13.3. The van der Waals surface area contributed by atoms with E-state index in [0.29, 0.717) is 22.6 Å². The van der Waals surface area contributed by atoms with Crippen molar-refractivity contribution in [3.8, 4) is 23.0 Å². The lowest BCUT2D eigenvalue weighted by Crippen LogP contribution is -1.96. The third-order valence-electron chi connectivity index (χ3n) is 3.53. The first-order valence-electron chi connectivity index (χ1n) is 7.42. The molecule has 4 nitrogen and oxygen atoms in total. The van der Waals surface area contributed by atoms with Crippen LogP contribution < -0.4 is 4.74 Å². The van der Waals surface area contributed by atoms with Gasteiger partial charge in [-0.3, -0.25) is 0 Å². The highest BCUT2D eigenvalue weighted by atomic mass is 35.5.